The maximum atomic E-state index is 13.0. The number of ether oxygens (including phenoxy) is 2. The van der Waals surface area contributed by atoms with Crippen molar-refractivity contribution in [2.45, 2.75) is 33.3 Å². The van der Waals surface area contributed by atoms with Gasteiger partial charge in [0.2, 0.25) is 5.83 Å². The highest BCUT2D eigenvalue weighted by atomic mass is 19.1. The third-order valence-electron chi connectivity index (χ3n) is 1.40. The van der Waals surface area contributed by atoms with Gasteiger partial charge in [-0.15, -0.1) is 0 Å². The molecule has 0 aromatic heterocycles. The molecule has 1 amide bonds. The van der Waals surface area contributed by atoms with Gasteiger partial charge in [-0.05, 0) is 33.8 Å². The summed E-state index contributed by atoms with van der Waals surface area (Å²) in [6.07, 6.45) is 0.243. The number of carbonyl (C=O) groups is 2. The normalized spacial score (nSPS) is 11.9. The molecular formula is C11H18FNO4. The van der Waals surface area contributed by atoms with Gasteiger partial charge in [-0.3, -0.25) is 0 Å². The van der Waals surface area contributed by atoms with Gasteiger partial charge < -0.3 is 14.8 Å². The van der Waals surface area contributed by atoms with Crippen molar-refractivity contribution in [3.05, 3.63) is 11.9 Å². The summed E-state index contributed by atoms with van der Waals surface area (Å²) in [5, 5.41) is 2.28. The number of rotatable bonds is 4. The molecule has 0 aliphatic rings. The van der Waals surface area contributed by atoms with Gasteiger partial charge in [-0.25, -0.2) is 9.59 Å². The average Bonchev–Trinajstić information content (AvgIpc) is 2.14. The number of esters is 1. The third-order valence-corrected chi connectivity index (χ3v) is 1.40. The molecule has 0 aromatic carbocycles. The largest absolute Gasteiger partial charge is 0.461 e. The van der Waals surface area contributed by atoms with Crippen molar-refractivity contribution in [2.24, 2.45) is 0 Å². The zero-order chi connectivity index (χ0) is 13.5. The molecule has 0 unspecified atom stereocenters. The predicted molar refractivity (Wildman–Crippen MR) is 60.1 cm³/mol. The fourth-order valence-corrected chi connectivity index (χ4v) is 0.822. The van der Waals surface area contributed by atoms with E-state index in [0.29, 0.717) is 0 Å². The molecule has 0 heterocycles. The van der Waals surface area contributed by atoms with Gasteiger partial charge >= 0.3 is 12.1 Å². The van der Waals surface area contributed by atoms with Crippen LogP contribution in [-0.4, -0.2) is 30.8 Å². The molecule has 0 fully saturated rings. The monoisotopic (exact) mass is 247 g/mol. The van der Waals surface area contributed by atoms with E-state index in [0.717, 1.165) is 6.08 Å². The van der Waals surface area contributed by atoms with Gasteiger partial charge in [0, 0.05) is 6.54 Å². The summed E-state index contributed by atoms with van der Waals surface area (Å²) in [6, 6.07) is 0. The van der Waals surface area contributed by atoms with E-state index in [2.05, 4.69) is 10.1 Å². The Morgan fingerprint density at radius 2 is 1.94 bits per heavy atom. The van der Waals surface area contributed by atoms with Crippen LogP contribution < -0.4 is 5.32 Å². The SMILES string of the molecule is CCOC(=O)/C(F)=C\CNC(=O)OC(C)(C)C. The van der Waals surface area contributed by atoms with Crippen LogP contribution in [0.25, 0.3) is 0 Å². The molecule has 0 rings (SSSR count). The Morgan fingerprint density at radius 1 is 1.35 bits per heavy atom. The number of carbonyl (C=O) groups excluding carboxylic acids is 2. The zero-order valence-electron chi connectivity index (χ0n) is 10.5. The minimum atomic E-state index is -1.04. The molecule has 5 nitrogen and oxygen atoms in total. The van der Waals surface area contributed by atoms with E-state index in [1.165, 1.54) is 0 Å². The topological polar surface area (TPSA) is 64.6 Å². The van der Waals surface area contributed by atoms with Crippen molar-refractivity contribution in [1.82, 2.24) is 5.32 Å². The Kier molecular flexibility index (Phi) is 6.23. The first-order chi connectivity index (χ1) is 7.76. The Bertz CT molecular complexity index is 307. The summed E-state index contributed by atoms with van der Waals surface area (Å²) in [4.78, 5) is 22.0. The zero-order valence-corrected chi connectivity index (χ0v) is 10.5. The van der Waals surface area contributed by atoms with E-state index in [9.17, 15) is 14.0 Å². The van der Waals surface area contributed by atoms with Gasteiger partial charge in [-0.2, -0.15) is 4.39 Å². The van der Waals surface area contributed by atoms with Gasteiger partial charge in [0.15, 0.2) is 0 Å². The van der Waals surface area contributed by atoms with Crippen molar-refractivity contribution in [3.63, 3.8) is 0 Å². The van der Waals surface area contributed by atoms with Gasteiger partial charge in [-0.1, -0.05) is 0 Å². The second-order valence-corrected chi connectivity index (χ2v) is 4.16. The second kappa shape index (κ2) is 6.88. The van der Waals surface area contributed by atoms with Crippen LogP contribution >= 0.6 is 0 Å². The summed E-state index contributed by atoms with van der Waals surface area (Å²) in [6.45, 7) is 6.66. The summed E-state index contributed by atoms with van der Waals surface area (Å²) in [5.74, 6) is -2.08. The van der Waals surface area contributed by atoms with Crippen LogP contribution in [-0.2, 0) is 14.3 Å². The van der Waals surface area contributed by atoms with Crippen LogP contribution in [0.4, 0.5) is 9.18 Å². The lowest BCUT2D eigenvalue weighted by molar-refractivity contribution is -0.140. The van der Waals surface area contributed by atoms with Gasteiger partial charge in [0.05, 0.1) is 6.61 Å². The number of hydrogen-bond acceptors (Lipinski definition) is 4. The standard InChI is InChI=1S/C11H18FNO4/c1-5-16-9(14)8(12)6-7-13-10(15)17-11(2,3)4/h6H,5,7H2,1-4H3,(H,13,15)/b8-6+. The van der Waals surface area contributed by atoms with Gasteiger partial charge in [0.1, 0.15) is 5.60 Å². The molecular weight excluding hydrogens is 229 g/mol. The molecule has 98 valence electrons. The molecule has 6 heteroatoms. The highest BCUT2D eigenvalue weighted by Crippen LogP contribution is 2.06. The Labute approximate surface area is 100.0 Å². The predicted octanol–water partition coefficient (Wildman–Crippen LogP) is 1.93. The molecule has 0 aliphatic heterocycles. The molecule has 17 heavy (non-hydrogen) atoms. The number of nitrogens with one attached hydrogen (secondary N) is 1. The first kappa shape index (κ1) is 15.4. The maximum Gasteiger partial charge on any atom is 0.407 e. The van der Waals surface area contributed by atoms with Crippen LogP contribution in [0.2, 0.25) is 0 Å². The van der Waals surface area contributed by atoms with Crippen LogP contribution in [0.3, 0.4) is 0 Å². The molecule has 0 saturated heterocycles. The molecule has 0 radical (unpaired) electrons. The molecule has 0 atom stereocenters. The second-order valence-electron chi connectivity index (χ2n) is 4.16. The number of amides is 1. The van der Waals surface area contributed by atoms with E-state index in [4.69, 9.17) is 4.74 Å². The van der Waals surface area contributed by atoms with Crippen LogP contribution in [0.5, 0.6) is 0 Å². The number of hydrogen-bond donors (Lipinski definition) is 1. The van der Waals surface area contributed by atoms with E-state index in [1.54, 1.807) is 27.7 Å². The molecule has 0 saturated carbocycles. The van der Waals surface area contributed by atoms with E-state index in [-0.39, 0.29) is 13.2 Å². The smallest absolute Gasteiger partial charge is 0.407 e. The van der Waals surface area contributed by atoms with Crippen molar-refractivity contribution in [2.75, 3.05) is 13.2 Å². The molecule has 0 bridgehead atoms. The number of halogens is 1. The Morgan fingerprint density at radius 3 is 2.41 bits per heavy atom. The lowest BCUT2D eigenvalue weighted by atomic mass is 10.2. The molecule has 0 aromatic rings. The first-order valence-electron chi connectivity index (χ1n) is 5.26. The van der Waals surface area contributed by atoms with Crippen molar-refractivity contribution >= 4 is 12.1 Å². The Balaban J connectivity index is 4.01. The van der Waals surface area contributed by atoms with Crippen LogP contribution in [0.15, 0.2) is 11.9 Å². The quantitative estimate of drug-likeness (QED) is 0.609. The molecule has 1 N–H and O–H groups in total. The highest BCUT2D eigenvalue weighted by Gasteiger charge is 2.15. The first-order valence-corrected chi connectivity index (χ1v) is 5.26. The Hall–Kier alpha value is -1.59. The van der Waals surface area contributed by atoms with Crippen molar-refractivity contribution < 1.29 is 23.5 Å². The minimum Gasteiger partial charge on any atom is -0.461 e. The summed E-state index contributed by atoms with van der Waals surface area (Å²) in [5.41, 5.74) is -0.618. The lowest BCUT2D eigenvalue weighted by Gasteiger charge is -2.19. The summed E-state index contributed by atoms with van der Waals surface area (Å²) >= 11 is 0. The van der Waals surface area contributed by atoms with Gasteiger partial charge in [0.25, 0.3) is 0 Å². The van der Waals surface area contributed by atoms with E-state index in [1.807, 2.05) is 0 Å². The fourth-order valence-electron chi connectivity index (χ4n) is 0.822. The van der Waals surface area contributed by atoms with E-state index >= 15 is 0 Å². The minimum absolute atomic E-state index is 0.0968. The number of alkyl carbamates (subject to hydrolysis) is 1. The van der Waals surface area contributed by atoms with E-state index < -0.39 is 23.5 Å². The summed E-state index contributed by atoms with van der Waals surface area (Å²) in [7, 11) is 0. The summed E-state index contributed by atoms with van der Waals surface area (Å²) < 4.78 is 22.3. The fraction of sp³-hybridized carbons (Fsp3) is 0.636. The molecule has 0 aliphatic carbocycles. The highest BCUT2D eigenvalue weighted by molar-refractivity contribution is 5.86. The third kappa shape index (κ3) is 8.24. The van der Waals surface area contributed by atoms with Crippen LogP contribution in [0.1, 0.15) is 27.7 Å². The van der Waals surface area contributed by atoms with Crippen molar-refractivity contribution in [1.29, 1.82) is 0 Å². The molecule has 0 spiro atoms. The lowest BCUT2D eigenvalue weighted by Crippen LogP contribution is -2.32. The van der Waals surface area contributed by atoms with Crippen molar-refractivity contribution in [3.8, 4) is 0 Å². The average molecular weight is 247 g/mol. The maximum absolute atomic E-state index is 13.0. The van der Waals surface area contributed by atoms with Crippen LogP contribution in [0, 0.1) is 0 Å².